The average Bonchev–Trinajstić information content (AvgIpc) is 2.34. The van der Waals surface area contributed by atoms with Gasteiger partial charge in [-0.2, -0.15) is 0 Å². The minimum absolute atomic E-state index is 0.821. The molecule has 0 aromatic heterocycles. The van der Waals surface area contributed by atoms with Crippen LogP contribution in [0.15, 0.2) is 16.8 Å². The minimum Gasteiger partial charge on any atom is -0.269 e. The second-order valence-corrected chi connectivity index (χ2v) is 3.26. The van der Waals surface area contributed by atoms with Gasteiger partial charge in [-0.15, -0.1) is 0 Å². The van der Waals surface area contributed by atoms with Crippen molar-refractivity contribution in [1.82, 2.24) is 0 Å². The van der Waals surface area contributed by atoms with Crippen LogP contribution in [0, 0.1) is 5.92 Å². The van der Waals surface area contributed by atoms with Gasteiger partial charge in [-0.1, -0.05) is 13.8 Å². The maximum absolute atomic E-state index is 4.06. The van der Waals surface area contributed by atoms with Crippen molar-refractivity contribution in [3.8, 4) is 0 Å². The molecule has 56 valence electrons. The van der Waals surface area contributed by atoms with Gasteiger partial charge in [-0.3, -0.25) is 4.99 Å². The van der Waals surface area contributed by atoms with Crippen LogP contribution in [0.2, 0.25) is 0 Å². The molecule has 0 N–H and O–H groups in total. The third-order valence-corrected chi connectivity index (χ3v) is 1.76. The molecule has 1 nitrogen and oxygen atoms in total. The maximum atomic E-state index is 4.06. The Balaban J connectivity index is 2.15. The van der Waals surface area contributed by atoms with Gasteiger partial charge in [-0.05, 0) is 24.3 Å². The smallest absolute Gasteiger partial charge is 0.0259 e. The third-order valence-electron chi connectivity index (χ3n) is 1.76. The zero-order valence-electron chi connectivity index (χ0n) is 6.80. The van der Waals surface area contributed by atoms with Crippen LogP contribution in [0.3, 0.4) is 0 Å². The molecular weight excluding hydrogens is 122 g/mol. The standard InChI is InChI=1S/C9H15N/c1-8(2)3-4-9-5-6-10-7-9/h6-8H,3-5H2,1-2H3. The van der Waals surface area contributed by atoms with E-state index in [9.17, 15) is 0 Å². The van der Waals surface area contributed by atoms with Gasteiger partial charge in [-0.25, -0.2) is 0 Å². The molecule has 0 saturated heterocycles. The van der Waals surface area contributed by atoms with Gasteiger partial charge in [0, 0.05) is 18.8 Å². The number of nitrogens with zero attached hydrogens (tertiary/aromatic N) is 1. The molecule has 0 radical (unpaired) electrons. The first-order chi connectivity index (χ1) is 4.79. The summed E-state index contributed by atoms with van der Waals surface area (Å²) in [5.41, 5.74) is 1.49. The molecule has 0 unspecified atom stereocenters. The van der Waals surface area contributed by atoms with Crippen LogP contribution < -0.4 is 0 Å². The van der Waals surface area contributed by atoms with Crippen LogP contribution in [-0.4, -0.2) is 6.21 Å². The predicted molar refractivity (Wildman–Crippen MR) is 45.3 cm³/mol. The second-order valence-electron chi connectivity index (χ2n) is 3.26. The van der Waals surface area contributed by atoms with Crippen molar-refractivity contribution in [3.05, 3.63) is 11.8 Å². The largest absolute Gasteiger partial charge is 0.269 e. The van der Waals surface area contributed by atoms with Crippen molar-refractivity contribution < 1.29 is 0 Å². The Hall–Kier alpha value is -0.590. The molecule has 0 aromatic carbocycles. The summed E-state index contributed by atoms with van der Waals surface area (Å²) in [6.07, 6.45) is 7.61. The van der Waals surface area contributed by atoms with E-state index in [1.807, 2.05) is 12.4 Å². The van der Waals surface area contributed by atoms with Gasteiger partial charge in [0.2, 0.25) is 0 Å². The van der Waals surface area contributed by atoms with Crippen LogP contribution in [0.25, 0.3) is 0 Å². The lowest BCUT2D eigenvalue weighted by Gasteiger charge is -2.03. The van der Waals surface area contributed by atoms with Crippen molar-refractivity contribution in [2.75, 3.05) is 0 Å². The topological polar surface area (TPSA) is 12.4 Å². The number of aliphatic imine (C=N–C) groups is 1. The Morgan fingerprint density at radius 3 is 2.90 bits per heavy atom. The van der Waals surface area contributed by atoms with E-state index in [0.29, 0.717) is 0 Å². The van der Waals surface area contributed by atoms with E-state index in [1.165, 1.54) is 18.4 Å². The fourth-order valence-corrected chi connectivity index (χ4v) is 1.02. The Morgan fingerprint density at radius 1 is 1.60 bits per heavy atom. The van der Waals surface area contributed by atoms with Crippen molar-refractivity contribution >= 4 is 6.21 Å². The number of hydrogen-bond acceptors (Lipinski definition) is 1. The Bertz CT molecular complexity index is 154. The fourth-order valence-electron chi connectivity index (χ4n) is 1.02. The summed E-state index contributed by atoms with van der Waals surface area (Å²) in [6.45, 7) is 4.52. The fraction of sp³-hybridized carbons (Fsp3) is 0.667. The number of allylic oxidation sites excluding steroid dienone is 1. The molecule has 0 bridgehead atoms. The molecule has 0 amide bonds. The second kappa shape index (κ2) is 3.55. The summed E-state index contributed by atoms with van der Waals surface area (Å²) in [7, 11) is 0. The molecule has 1 aliphatic heterocycles. The molecular formula is C9H15N. The summed E-state index contributed by atoms with van der Waals surface area (Å²) in [4.78, 5) is 4.06. The molecule has 0 fully saturated rings. The van der Waals surface area contributed by atoms with Crippen molar-refractivity contribution in [2.24, 2.45) is 10.9 Å². The van der Waals surface area contributed by atoms with E-state index in [1.54, 1.807) is 0 Å². The highest BCUT2D eigenvalue weighted by Crippen LogP contribution is 2.16. The molecule has 0 atom stereocenters. The first-order valence-corrected chi connectivity index (χ1v) is 3.98. The highest BCUT2D eigenvalue weighted by molar-refractivity contribution is 5.65. The molecule has 0 spiro atoms. The van der Waals surface area contributed by atoms with Crippen LogP contribution in [0.4, 0.5) is 0 Å². The van der Waals surface area contributed by atoms with E-state index in [-0.39, 0.29) is 0 Å². The predicted octanol–water partition coefficient (Wildman–Crippen LogP) is 2.78. The molecule has 1 heterocycles. The Kier molecular flexibility index (Phi) is 2.67. The van der Waals surface area contributed by atoms with E-state index in [0.717, 1.165) is 12.3 Å². The van der Waals surface area contributed by atoms with Gasteiger partial charge < -0.3 is 0 Å². The molecule has 1 heteroatoms. The Labute approximate surface area is 62.9 Å². The van der Waals surface area contributed by atoms with Crippen LogP contribution in [-0.2, 0) is 0 Å². The van der Waals surface area contributed by atoms with Gasteiger partial charge in [0.25, 0.3) is 0 Å². The summed E-state index contributed by atoms with van der Waals surface area (Å²) in [5, 5.41) is 0. The van der Waals surface area contributed by atoms with Crippen molar-refractivity contribution in [2.45, 2.75) is 33.1 Å². The maximum Gasteiger partial charge on any atom is 0.0259 e. The quantitative estimate of drug-likeness (QED) is 0.567. The van der Waals surface area contributed by atoms with E-state index < -0.39 is 0 Å². The lowest BCUT2D eigenvalue weighted by molar-refractivity contribution is 0.583. The van der Waals surface area contributed by atoms with E-state index >= 15 is 0 Å². The molecule has 0 saturated carbocycles. The molecule has 1 rings (SSSR count). The van der Waals surface area contributed by atoms with Crippen molar-refractivity contribution in [1.29, 1.82) is 0 Å². The normalized spacial score (nSPS) is 16.5. The lowest BCUT2D eigenvalue weighted by Crippen LogP contribution is -1.88. The first-order valence-electron chi connectivity index (χ1n) is 3.98. The zero-order valence-corrected chi connectivity index (χ0v) is 6.80. The van der Waals surface area contributed by atoms with E-state index in [4.69, 9.17) is 0 Å². The van der Waals surface area contributed by atoms with Crippen LogP contribution in [0.1, 0.15) is 33.1 Å². The molecule has 10 heavy (non-hydrogen) atoms. The summed E-state index contributed by atoms with van der Waals surface area (Å²) in [6, 6.07) is 0. The Morgan fingerprint density at radius 2 is 2.40 bits per heavy atom. The van der Waals surface area contributed by atoms with Crippen LogP contribution in [0.5, 0.6) is 0 Å². The third kappa shape index (κ3) is 2.34. The first kappa shape index (κ1) is 7.52. The van der Waals surface area contributed by atoms with Crippen molar-refractivity contribution in [3.63, 3.8) is 0 Å². The van der Waals surface area contributed by atoms with E-state index in [2.05, 4.69) is 18.8 Å². The van der Waals surface area contributed by atoms with Gasteiger partial charge in [0.15, 0.2) is 0 Å². The SMILES string of the molecule is CC(C)CCC1=CN=CC1. The molecule has 0 aliphatic carbocycles. The lowest BCUT2D eigenvalue weighted by atomic mass is 10.0. The molecule has 0 aromatic rings. The summed E-state index contributed by atoms with van der Waals surface area (Å²) < 4.78 is 0. The average molecular weight is 137 g/mol. The van der Waals surface area contributed by atoms with Crippen LogP contribution >= 0.6 is 0 Å². The van der Waals surface area contributed by atoms with Gasteiger partial charge in [0.05, 0.1) is 0 Å². The summed E-state index contributed by atoms with van der Waals surface area (Å²) in [5.74, 6) is 0.821. The van der Waals surface area contributed by atoms with Gasteiger partial charge >= 0.3 is 0 Å². The highest BCUT2D eigenvalue weighted by atomic mass is 14.7. The minimum atomic E-state index is 0.821. The zero-order chi connectivity index (χ0) is 7.40. The monoisotopic (exact) mass is 137 g/mol. The number of hydrogen-bond donors (Lipinski definition) is 0. The number of rotatable bonds is 3. The van der Waals surface area contributed by atoms with Gasteiger partial charge in [0.1, 0.15) is 0 Å². The summed E-state index contributed by atoms with van der Waals surface area (Å²) >= 11 is 0. The highest BCUT2D eigenvalue weighted by Gasteiger charge is 2.01. The molecule has 1 aliphatic rings.